The minimum absolute atomic E-state index is 0.144. The number of nitrogens with one attached hydrogen (secondary N) is 1. The van der Waals surface area contributed by atoms with E-state index in [1.54, 1.807) is 0 Å². The van der Waals surface area contributed by atoms with E-state index < -0.39 is 0 Å². The van der Waals surface area contributed by atoms with Gasteiger partial charge in [-0.1, -0.05) is 0 Å². The van der Waals surface area contributed by atoms with Crippen LogP contribution < -0.4 is 11.1 Å². The molecule has 4 nitrogen and oxygen atoms in total. The van der Waals surface area contributed by atoms with Gasteiger partial charge in [0, 0.05) is 25.7 Å². The van der Waals surface area contributed by atoms with Crippen molar-refractivity contribution in [2.45, 2.75) is 25.8 Å². The molecule has 1 heterocycles. The third-order valence-electron chi connectivity index (χ3n) is 3.73. The zero-order chi connectivity index (χ0) is 10.8. The Morgan fingerprint density at radius 2 is 2.27 bits per heavy atom. The van der Waals surface area contributed by atoms with Crippen LogP contribution in [0, 0.1) is 11.8 Å². The molecule has 2 aliphatic rings. The highest BCUT2D eigenvalue weighted by molar-refractivity contribution is 5.77. The Bertz CT molecular complexity index is 244. The predicted molar refractivity (Wildman–Crippen MR) is 59.3 cm³/mol. The number of likely N-dealkylation sites (N-methyl/N-ethyl adjacent to an activating group) is 1. The van der Waals surface area contributed by atoms with Crippen molar-refractivity contribution in [3.05, 3.63) is 0 Å². The third kappa shape index (κ3) is 2.32. The highest BCUT2D eigenvalue weighted by Gasteiger charge is 2.41. The molecule has 0 aromatic rings. The summed E-state index contributed by atoms with van der Waals surface area (Å²) in [6, 6.07) is 0.370. The van der Waals surface area contributed by atoms with Crippen LogP contribution in [0.4, 0.5) is 0 Å². The quantitative estimate of drug-likeness (QED) is 0.679. The molecule has 1 saturated heterocycles. The van der Waals surface area contributed by atoms with Gasteiger partial charge in [0.2, 0.25) is 5.91 Å². The number of likely N-dealkylation sites (tertiary alicyclic amines) is 1. The summed E-state index contributed by atoms with van der Waals surface area (Å²) >= 11 is 0. The maximum Gasteiger partial charge on any atom is 0.234 e. The topological polar surface area (TPSA) is 58.4 Å². The molecule has 0 bridgehead atoms. The molecule has 0 aromatic heterocycles. The number of hydrogen-bond donors (Lipinski definition) is 2. The Morgan fingerprint density at radius 1 is 1.47 bits per heavy atom. The molecular formula is C11H21N3O. The minimum Gasteiger partial charge on any atom is -0.355 e. The summed E-state index contributed by atoms with van der Waals surface area (Å²) in [6.45, 7) is 5.30. The first-order chi connectivity index (χ1) is 7.20. The number of fused-ring (bicyclic) bond motifs is 1. The van der Waals surface area contributed by atoms with Gasteiger partial charge in [-0.15, -0.1) is 0 Å². The lowest BCUT2D eigenvalue weighted by Gasteiger charge is -2.17. The Balaban J connectivity index is 1.81. The van der Waals surface area contributed by atoms with Gasteiger partial charge < -0.3 is 11.1 Å². The summed E-state index contributed by atoms with van der Waals surface area (Å²) in [5.74, 6) is 1.53. The van der Waals surface area contributed by atoms with E-state index in [0.717, 1.165) is 25.6 Å². The summed E-state index contributed by atoms with van der Waals surface area (Å²) < 4.78 is 0. The van der Waals surface area contributed by atoms with E-state index in [1.807, 2.05) is 6.92 Å². The van der Waals surface area contributed by atoms with Crippen LogP contribution in [0.15, 0.2) is 0 Å². The van der Waals surface area contributed by atoms with Crippen LogP contribution in [0.3, 0.4) is 0 Å². The molecular weight excluding hydrogens is 190 g/mol. The molecule has 1 amide bonds. The first-order valence-electron chi connectivity index (χ1n) is 5.95. The average Bonchev–Trinajstić information content (AvgIpc) is 2.69. The molecule has 2 rings (SSSR count). The second-order valence-corrected chi connectivity index (χ2v) is 4.81. The number of carbonyl (C=O) groups is 1. The molecule has 1 aliphatic carbocycles. The molecule has 2 fully saturated rings. The molecule has 1 aliphatic heterocycles. The van der Waals surface area contributed by atoms with Crippen LogP contribution in [-0.4, -0.2) is 43.0 Å². The number of amides is 1. The Kier molecular flexibility index (Phi) is 3.26. The van der Waals surface area contributed by atoms with E-state index in [0.29, 0.717) is 18.5 Å². The lowest BCUT2D eigenvalue weighted by Crippen LogP contribution is -2.37. The number of rotatable bonds is 3. The van der Waals surface area contributed by atoms with E-state index in [-0.39, 0.29) is 5.91 Å². The van der Waals surface area contributed by atoms with Gasteiger partial charge in [0.25, 0.3) is 0 Å². The first-order valence-corrected chi connectivity index (χ1v) is 5.95. The Labute approximate surface area is 91.2 Å². The van der Waals surface area contributed by atoms with Crippen molar-refractivity contribution in [2.75, 3.05) is 26.2 Å². The van der Waals surface area contributed by atoms with Crippen molar-refractivity contribution in [1.29, 1.82) is 0 Å². The highest BCUT2D eigenvalue weighted by Crippen LogP contribution is 2.36. The number of carbonyl (C=O) groups excluding carboxylic acids is 1. The molecule has 3 atom stereocenters. The normalized spacial score (nSPS) is 35.5. The van der Waals surface area contributed by atoms with Crippen molar-refractivity contribution in [2.24, 2.45) is 17.6 Å². The standard InChI is InChI=1S/C11H21N3O/c1-2-13-11(15)7-14-5-8-3-4-10(12)9(8)6-14/h8-10H,2-7,12H2,1H3,(H,13,15). The van der Waals surface area contributed by atoms with Gasteiger partial charge in [-0.3, -0.25) is 9.69 Å². The van der Waals surface area contributed by atoms with Crippen molar-refractivity contribution in [3.8, 4) is 0 Å². The summed E-state index contributed by atoms with van der Waals surface area (Å²) in [5, 5.41) is 2.84. The lowest BCUT2D eigenvalue weighted by atomic mass is 9.98. The molecule has 0 radical (unpaired) electrons. The van der Waals surface area contributed by atoms with Gasteiger partial charge >= 0.3 is 0 Å². The number of nitrogens with zero attached hydrogens (tertiary/aromatic N) is 1. The van der Waals surface area contributed by atoms with Gasteiger partial charge in [-0.25, -0.2) is 0 Å². The Morgan fingerprint density at radius 3 is 2.93 bits per heavy atom. The monoisotopic (exact) mass is 211 g/mol. The third-order valence-corrected chi connectivity index (χ3v) is 3.73. The summed E-state index contributed by atoms with van der Waals surface area (Å²) in [4.78, 5) is 13.7. The van der Waals surface area contributed by atoms with Crippen LogP contribution >= 0.6 is 0 Å². The maximum absolute atomic E-state index is 11.4. The maximum atomic E-state index is 11.4. The van der Waals surface area contributed by atoms with Crippen LogP contribution in [0.25, 0.3) is 0 Å². The summed E-state index contributed by atoms with van der Waals surface area (Å²) in [6.07, 6.45) is 2.42. The summed E-state index contributed by atoms with van der Waals surface area (Å²) in [5.41, 5.74) is 6.04. The second-order valence-electron chi connectivity index (χ2n) is 4.81. The molecule has 4 heteroatoms. The van der Waals surface area contributed by atoms with E-state index in [1.165, 1.54) is 12.8 Å². The fourth-order valence-corrected chi connectivity index (χ4v) is 2.98. The van der Waals surface area contributed by atoms with Crippen LogP contribution in [0.5, 0.6) is 0 Å². The molecule has 1 saturated carbocycles. The van der Waals surface area contributed by atoms with Crippen molar-refractivity contribution in [1.82, 2.24) is 10.2 Å². The zero-order valence-electron chi connectivity index (χ0n) is 9.41. The first kappa shape index (κ1) is 10.9. The molecule has 86 valence electrons. The van der Waals surface area contributed by atoms with Crippen molar-refractivity contribution >= 4 is 5.91 Å². The smallest absolute Gasteiger partial charge is 0.234 e. The second kappa shape index (κ2) is 4.49. The van der Waals surface area contributed by atoms with Crippen LogP contribution in [-0.2, 0) is 4.79 Å². The van der Waals surface area contributed by atoms with Gasteiger partial charge in [0.05, 0.1) is 6.54 Å². The molecule has 3 N–H and O–H groups in total. The average molecular weight is 211 g/mol. The van der Waals surface area contributed by atoms with Gasteiger partial charge in [0.15, 0.2) is 0 Å². The van der Waals surface area contributed by atoms with Crippen molar-refractivity contribution < 1.29 is 4.79 Å². The van der Waals surface area contributed by atoms with Crippen molar-refractivity contribution in [3.63, 3.8) is 0 Å². The zero-order valence-corrected chi connectivity index (χ0v) is 9.41. The predicted octanol–water partition coefficient (Wildman–Crippen LogP) is -0.208. The Hall–Kier alpha value is -0.610. The van der Waals surface area contributed by atoms with E-state index >= 15 is 0 Å². The van der Waals surface area contributed by atoms with Crippen LogP contribution in [0.1, 0.15) is 19.8 Å². The van der Waals surface area contributed by atoms with E-state index in [2.05, 4.69) is 10.2 Å². The largest absolute Gasteiger partial charge is 0.355 e. The molecule has 15 heavy (non-hydrogen) atoms. The SMILES string of the molecule is CCNC(=O)CN1CC2CCC(N)C2C1. The van der Waals surface area contributed by atoms with Crippen LogP contribution in [0.2, 0.25) is 0 Å². The number of hydrogen-bond acceptors (Lipinski definition) is 3. The molecule has 3 unspecified atom stereocenters. The van der Waals surface area contributed by atoms with Gasteiger partial charge in [-0.05, 0) is 31.6 Å². The lowest BCUT2D eigenvalue weighted by molar-refractivity contribution is -0.121. The minimum atomic E-state index is 0.144. The molecule has 0 aromatic carbocycles. The number of nitrogens with two attached hydrogens (primary N) is 1. The van der Waals surface area contributed by atoms with E-state index in [9.17, 15) is 4.79 Å². The fraction of sp³-hybridized carbons (Fsp3) is 0.909. The van der Waals surface area contributed by atoms with E-state index in [4.69, 9.17) is 5.73 Å². The fourth-order valence-electron chi connectivity index (χ4n) is 2.98. The molecule has 0 spiro atoms. The van der Waals surface area contributed by atoms with Gasteiger partial charge in [0.1, 0.15) is 0 Å². The highest BCUT2D eigenvalue weighted by atomic mass is 16.2. The summed E-state index contributed by atoms with van der Waals surface area (Å²) in [7, 11) is 0. The van der Waals surface area contributed by atoms with Gasteiger partial charge in [-0.2, -0.15) is 0 Å².